The Morgan fingerprint density at radius 1 is 0.640 bits per heavy atom. The number of hydrogen-bond acceptors (Lipinski definition) is 3. The molecule has 0 bridgehead atoms. The second-order valence-electron chi connectivity index (χ2n) is 7.44. The maximum absolute atomic E-state index is 11.4. The van der Waals surface area contributed by atoms with Crippen LogP contribution in [-0.4, -0.2) is 29.4 Å². The largest absolute Gasteiger partial charge is 0.392 e. The lowest BCUT2D eigenvalue weighted by molar-refractivity contribution is 0.146. The molecule has 0 aromatic carbocycles. The molecule has 2 atom stereocenters. The highest BCUT2D eigenvalue weighted by molar-refractivity contribution is 7.86. The molecule has 0 aliphatic heterocycles. The van der Waals surface area contributed by atoms with Crippen LogP contribution in [0.4, 0.5) is 0 Å². The van der Waals surface area contributed by atoms with Gasteiger partial charge in [0.1, 0.15) is 5.25 Å². The Balaban J connectivity index is 3.62. The van der Waals surface area contributed by atoms with Crippen molar-refractivity contribution in [2.24, 2.45) is 0 Å². The van der Waals surface area contributed by atoms with E-state index in [0.29, 0.717) is 19.3 Å². The fourth-order valence-corrected chi connectivity index (χ4v) is 4.32. The van der Waals surface area contributed by atoms with Crippen molar-refractivity contribution in [2.45, 2.75) is 128 Å². The quantitative estimate of drug-likeness (QED) is 0.230. The molecule has 0 saturated carbocycles. The van der Waals surface area contributed by atoms with E-state index >= 15 is 0 Å². The number of aliphatic hydroxyl groups excluding tert-OH is 1. The van der Waals surface area contributed by atoms with Gasteiger partial charge in [-0.25, -0.2) is 0 Å². The first-order valence-electron chi connectivity index (χ1n) is 10.6. The third-order valence-electron chi connectivity index (χ3n) is 5.01. The summed E-state index contributed by atoms with van der Waals surface area (Å²) in [5, 5.41) is 9.08. The maximum Gasteiger partial charge on any atom is 0.270 e. The van der Waals surface area contributed by atoms with Crippen LogP contribution in [0.3, 0.4) is 0 Å². The molecule has 152 valence electrons. The molecule has 25 heavy (non-hydrogen) atoms. The molecule has 0 rings (SSSR count). The monoisotopic (exact) mass is 378 g/mol. The average molecular weight is 379 g/mol. The first-order chi connectivity index (χ1) is 11.9. The van der Waals surface area contributed by atoms with Crippen molar-refractivity contribution in [3.8, 4) is 0 Å². The summed E-state index contributed by atoms with van der Waals surface area (Å²) in [7, 11) is -4.15. The van der Waals surface area contributed by atoms with E-state index in [1.807, 2.05) is 6.92 Å². The van der Waals surface area contributed by atoms with Crippen molar-refractivity contribution in [2.75, 3.05) is 0 Å². The van der Waals surface area contributed by atoms with E-state index in [-0.39, 0.29) is 0 Å². The first-order valence-corrected chi connectivity index (χ1v) is 12.1. The normalized spacial score (nSPS) is 14.6. The van der Waals surface area contributed by atoms with Crippen LogP contribution in [0, 0.1) is 0 Å². The highest BCUT2D eigenvalue weighted by Crippen LogP contribution is 2.19. The Kier molecular flexibility index (Phi) is 16.0. The van der Waals surface area contributed by atoms with Gasteiger partial charge in [-0.05, 0) is 12.8 Å². The number of hydrogen-bond donors (Lipinski definition) is 2. The van der Waals surface area contributed by atoms with E-state index in [1.165, 1.54) is 57.8 Å². The van der Waals surface area contributed by atoms with Gasteiger partial charge in [0, 0.05) is 0 Å². The summed E-state index contributed by atoms with van der Waals surface area (Å²) in [6.07, 6.45) is 16.4. The maximum atomic E-state index is 11.4. The summed E-state index contributed by atoms with van der Waals surface area (Å²) >= 11 is 0. The summed E-state index contributed by atoms with van der Waals surface area (Å²) in [5.74, 6) is 0. The zero-order chi connectivity index (χ0) is 19.0. The molecule has 0 aliphatic rings. The molecular formula is C20H42O4S. The van der Waals surface area contributed by atoms with Crippen LogP contribution in [0.15, 0.2) is 0 Å². The minimum Gasteiger partial charge on any atom is -0.392 e. The van der Waals surface area contributed by atoms with Gasteiger partial charge >= 0.3 is 0 Å². The van der Waals surface area contributed by atoms with Gasteiger partial charge < -0.3 is 5.11 Å². The lowest BCUT2D eigenvalue weighted by Gasteiger charge is -2.20. The van der Waals surface area contributed by atoms with Crippen LogP contribution in [0.5, 0.6) is 0 Å². The van der Waals surface area contributed by atoms with Crippen molar-refractivity contribution >= 4 is 10.1 Å². The molecular weight excluding hydrogens is 336 g/mol. The van der Waals surface area contributed by atoms with Crippen LogP contribution < -0.4 is 0 Å². The summed E-state index contributed by atoms with van der Waals surface area (Å²) in [4.78, 5) is 0. The Bertz CT molecular complexity index is 381. The minimum absolute atomic E-state index is 0.342. The van der Waals surface area contributed by atoms with Gasteiger partial charge in [-0.15, -0.1) is 0 Å². The van der Waals surface area contributed by atoms with E-state index in [9.17, 15) is 18.1 Å². The lowest BCUT2D eigenvalue weighted by atomic mass is 10.0. The third-order valence-corrected chi connectivity index (χ3v) is 6.32. The zero-order valence-electron chi connectivity index (χ0n) is 16.6. The Labute approximate surface area is 156 Å². The topological polar surface area (TPSA) is 74.6 Å². The van der Waals surface area contributed by atoms with Gasteiger partial charge in [0.2, 0.25) is 0 Å². The van der Waals surface area contributed by atoms with Crippen LogP contribution in [0.25, 0.3) is 0 Å². The van der Waals surface area contributed by atoms with Crippen molar-refractivity contribution in [1.82, 2.24) is 0 Å². The van der Waals surface area contributed by atoms with E-state index in [1.54, 1.807) is 0 Å². The van der Waals surface area contributed by atoms with Crippen LogP contribution in [-0.2, 0) is 10.1 Å². The fraction of sp³-hybridized carbons (Fsp3) is 1.00. The Hall–Kier alpha value is -0.130. The molecule has 0 fully saturated rings. The minimum atomic E-state index is -4.15. The van der Waals surface area contributed by atoms with Crippen molar-refractivity contribution in [1.29, 1.82) is 0 Å². The molecule has 0 aromatic rings. The predicted octanol–water partition coefficient (Wildman–Crippen LogP) is 5.89. The van der Waals surface area contributed by atoms with Gasteiger partial charge in [-0.2, -0.15) is 8.42 Å². The van der Waals surface area contributed by atoms with E-state index < -0.39 is 21.5 Å². The van der Waals surface area contributed by atoms with Crippen LogP contribution >= 0.6 is 0 Å². The average Bonchev–Trinajstić information content (AvgIpc) is 2.55. The Morgan fingerprint density at radius 2 is 1.04 bits per heavy atom. The molecule has 0 aromatic heterocycles. The second-order valence-corrected chi connectivity index (χ2v) is 9.08. The molecule has 0 spiro atoms. The predicted molar refractivity (Wildman–Crippen MR) is 107 cm³/mol. The summed E-state index contributed by atoms with van der Waals surface area (Å²) < 4.78 is 32.1. The van der Waals surface area contributed by atoms with Gasteiger partial charge in [0.05, 0.1) is 6.10 Å². The highest BCUT2D eigenvalue weighted by Gasteiger charge is 2.29. The molecule has 0 saturated heterocycles. The molecule has 0 amide bonds. The van der Waals surface area contributed by atoms with E-state index in [4.69, 9.17) is 0 Å². The van der Waals surface area contributed by atoms with Gasteiger partial charge in [0.25, 0.3) is 10.1 Å². The lowest BCUT2D eigenvalue weighted by Crippen LogP contribution is -2.33. The molecule has 0 aliphatic carbocycles. The summed E-state index contributed by atoms with van der Waals surface area (Å²) in [6.45, 7) is 4.21. The number of aliphatic hydroxyl groups is 1. The van der Waals surface area contributed by atoms with Gasteiger partial charge in [-0.3, -0.25) is 4.55 Å². The fourth-order valence-electron chi connectivity index (χ4n) is 3.33. The standard InChI is InChI=1S/C20H42O4S/c1-3-5-7-8-9-10-11-12-13-14-15-16-17-19(21)20(18-6-4-2)25(22,23)24/h19-21H,3-18H2,1-2H3,(H,22,23,24). The van der Waals surface area contributed by atoms with E-state index in [0.717, 1.165) is 25.7 Å². The third kappa shape index (κ3) is 14.7. The van der Waals surface area contributed by atoms with Crippen LogP contribution in [0.1, 0.15) is 117 Å². The van der Waals surface area contributed by atoms with Gasteiger partial charge in [0.15, 0.2) is 0 Å². The van der Waals surface area contributed by atoms with Crippen molar-refractivity contribution < 1.29 is 18.1 Å². The summed E-state index contributed by atoms with van der Waals surface area (Å²) in [5.41, 5.74) is 0. The number of unbranched alkanes of at least 4 members (excludes halogenated alkanes) is 12. The highest BCUT2D eigenvalue weighted by atomic mass is 32.2. The van der Waals surface area contributed by atoms with E-state index in [2.05, 4.69) is 6.92 Å². The molecule has 2 unspecified atom stereocenters. The van der Waals surface area contributed by atoms with Crippen molar-refractivity contribution in [3.63, 3.8) is 0 Å². The molecule has 2 N–H and O–H groups in total. The van der Waals surface area contributed by atoms with Crippen molar-refractivity contribution in [3.05, 3.63) is 0 Å². The second kappa shape index (κ2) is 16.1. The Morgan fingerprint density at radius 3 is 1.44 bits per heavy atom. The number of rotatable bonds is 18. The SMILES string of the molecule is CCCCCCCCCCCCCCC(O)C(CCCC)S(=O)(=O)O. The zero-order valence-corrected chi connectivity index (χ0v) is 17.4. The van der Waals surface area contributed by atoms with Crippen LogP contribution in [0.2, 0.25) is 0 Å². The summed E-state index contributed by atoms with van der Waals surface area (Å²) in [6, 6.07) is 0. The molecule has 0 heterocycles. The molecule has 5 heteroatoms. The molecule has 0 radical (unpaired) electrons. The van der Waals surface area contributed by atoms with Gasteiger partial charge in [-0.1, -0.05) is 104 Å². The first kappa shape index (κ1) is 24.9. The smallest absolute Gasteiger partial charge is 0.270 e. The molecule has 4 nitrogen and oxygen atoms in total.